The Morgan fingerprint density at radius 1 is 1.19 bits per heavy atom. The van der Waals surface area contributed by atoms with Crippen LogP contribution in [0.25, 0.3) is 11.0 Å². The minimum absolute atomic E-state index is 0. The van der Waals surface area contributed by atoms with Gasteiger partial charge in [-0.15, -0.1) is 12.4 Å². The largest absolute Gasteiger partial charge is 0.465 e. The van der Waals surface area contributed by atoms with Crippen molar-refractivity contribution in [3.63, 3.8) is 0 Å². The van der Waals surface area contributed by atoms with Crippen molar-refractivity contribution in [2.75, 3.05) is 19.2 Å². The Labute approximate surface area is 155 Å². The number of aryl methyl sites for hydroxylation is 1. The van der Waals surface area contributed by atoms with E-state index in [1.54, 1.807) is 0 Å². The van der Waals surface area contributed by atoms with Crippen molar-refractivity contribution < 1.29 is 19.0 Å². The van der Waals surface area contributed by atoms with Crippen LogP contribution in [0.3, 0.4) is 0 Å². The highest BCUT2D eigenvalue weighted by Crippen LogP contribution is 2.36. The lowest BCUT2D eigenvalue weighted by atomic mass is 10.1. The molecule has 3 heterocycles. The van der Waals surface area contributed by atoms with E-state index in [0.29, 0.717) is 28.4 Å². The minimum Gasteiger partial charge on any atom is -0.465 e. The molecule has 0 spiro atoms. The van der Waals surface area contributed by atoms with Gasteiger partial charge in [0, 0.05) is 29.0 Å². The van der Waals surface area contributed by atoms with Gasteiger partial charge >= 0.3 is 5.97 Å². The second kappa shape index (κ2) is 7.05. The van der Waals surface area contributed by atoms with Gasteiger partial charge in [0.25, 0.3) is 0 Å². The average molecular weight is 374 g/mol. The number of esters is 1. The molecule has 0 radical (unpaired) electrons. The molecular weight excluding hydrogens is 358 g/mol. The highest BCUT2D eigenvalue weighted by Gasteiger charge is 2.19. The van der Waals surface area contributed by atoms with E-state index >= 15 is 0 Å². The number of anilines is 2. The lowest BCUT2D eigenvalue weighted by molar-refractivity contribution is 0.0601. The zero-order valence-electron chi connectivity index (χ0n) is 14.1. The molecule has 0 aliphatic carbocycles. The van der Waals surface area contributed by atoms with Gasteiger partial charge in [-0.2, -0.15) is 0 Å². The van der Waals surface area contributed by atoms with Gasteiger partial charge in [-0.05, 0) is 31.2 Å². The molecule has 0 amide bonds. The third kappa shape index (κ3) is 3.09. The van der Waals surface area contributed by atoms with Crippen molar-refractivity contribution in [1.29, 1.82) is 0 Å². The molecule has 8 heteroatoms. The van der Waals surface area contributed by atoms with E-state index < -0.39 is 5.97 Å². The summed E-state index contributed by atoms with van der Waals surface area (Å²) in [5.41, 5.74) is 3.07. The molecule has 0 bridgehead atoms. The summed E-state index contributed by atoms with van der Waals surface area (Å²) in [5, 5.41) is 3.99. The predicted octanol–water partition coefficient (Wildman–Crippen LogP) is 3.62. The molecule has 134 valence electrons. The molecule has 1 aliphatic rings. The van der Waals surface area contributed by atoms with Gasteiger partial charge in [-0.1, -0.05) is 0 Å². The zero-order valence-corrected chi connectivity index (χ0v) is 14.9. The van der Waals surface area contributed by atoms with Crippen LogP contribution in [0.1, 0.15) is 16.1 Å². The standard InChI is InChI=1S/C18H15N3O4.ClH/c1-10-3-5-12-16(13(18(22)23-2)8-19-17(12)20-10)21-11-4-6-14-15(7-11)25-9-24-14;/h3-8H,9H2,1-2H3,(H,19,20,21);1H. The fraction of sp³-hybridized carbons (Fsp3) is 0.167. The summed E-state index contributed by atoms with van der Waals surface area (Å²) >= 11 is 0. The third-order valence-electron chi connectivity index (χ3n) is 3.92. The Morgan fingerprint density at radius 2 is 2.00 bits per heavy atom. The number of pyridine rings is 2. The summed E-state index contributed by atoms with van der Waals surface area (Å²) in [6.07, 6.45) is 1.47. The van der Waals surface area contributed by atoms with Crippen LogP contribution in [0.15, 0.2) is 36.5 Å². The van der Waals surface area contributed by atoms with Crippen LogP contribution in [-0.2, 0) is 4.74 Å². The van der Waals surface area contributed by atoms with E-state index in [-0.39, 0.29) is 19.2 Å². The number of nitrogens with zero attached hydrogens (tertiary/aromatic N) is 2. The maximum absolute atomic E-state index is 12.2. The number of hydrogen-bond acceptors (Lipinski definition) is 7. The molecule has 0 unspecified atom stereocenters. The fourth-order valence-electron chi connectivity index (χ4n) is 2.69. The van der Waals surface area contributed by atoms with Crippen LogP contribution in [0.4, 0.5) is 11.4 Å². The molecule has 2 aromatic heterocycles. The van der Waals surface area contributed by atoms with Crippen molar-refractivity contribution >= 4 is 40.8 Å². The molecule has 0 saturated heterocycles. The van der Waals surface area contributed by atoms with Crippen molar-refractivity contribution in [2.45, 2.75) is 6.92 Å². The molecule has 1 aromatic carbocycles. The van der Waals surface area contributed by atoms with Gasteiger partial charge in [0.05, 0.1) is 12.8 Å². The Bertz CT molecular complexity index is 994. The summed E-state index contributed by atoms with van der Waals surface area (Å²) in [7, 11) is 1.34. The van der Waals surface area contributed by atoms with Gasteiger partial charge in [0.15, 0.2) is 17.1 Å². The van der Waals surface area contributed by atoms with E-state index in [1.165, 1.54) is 13.3 Å². The van der Waals surface area contributed by atoms with Crippen LogP contribution in [0.2, 0.25) is 0 Å². The van der Waals surface area contributed by atoms with Gasteiger partial charge in [0.1, 0.15) is 5.56 Å². The Morgan fingerprint density at radius 3 is 2.81 bits per heavy atom. The van der Waals surface area contributed by atoms with E-state index in [2.05, 4.69) is 15.3 Å². The molecule has 26 heavy (non-hydrogen) atoms. The molecule has 1 N–H and O–H groups in total. The maximum atomic E-state index is 12.2. The molecule has 3 aromatic rings. The molecule has 0 fully saturated rings. The fourth-order valence-corrected chi connectivity index (χ4v) is 2.69. The first kappa shape index (κ1) is 17.8. The summed E-state index contributed by atoms with van der Waals surface area (Å²) in [6.45, 7) is 2.09. The number of nitrogens with one attached hydrogen (secondary N) is 1. The summed E-state index contributed by atoms with van der Waals surface area (Å²) < 4.78 is 15.6. The van der Waals surface area contributed by atoms with Crippen LogP contribution >= 0.6 is 12.4 Å². The third-order valence-corrected chi connectivity index (χ3v) is 3.92. The van der Waals surface area contributed by atoms with Crippen LogP contribution in [-0.4, -0.2) is 29.8 Å². The monoisotopic (exact) mass is 373 g/mol. The molecular formula is C18H16ClN3O4. The summed E-state index contributed by atoms with van der Waals surface area (Å²) in [5.74, 6) is 0.866. The second-order valence-electron chi connectivity index (χ2n) is 5.56. The lowest BCUT2D eigenvalue weighted by Crippen LogP contribution is -2.08. The van der Waals surface area contributed by atoms with Crippen molar-refractivity contribution in [1.82, 2.24) is 9.97 Å². The Hall–Kier alpha value is -3.06. The van der Waals surface area contributed by atoms with Crippen LogP contribution in [0, 0.1) is 6.92 Å². The first-order valence-electron chi connectivity index (χ1n) is 7.67. The summed E-state index contributed by atoms with van der Waals surface area (Å²) in [4.78, 5) is 20.8. The van der Waals surface area contributed by atoms with E-state index in [0.717, 1.165) is 16.8 Å². The number of carbonyl (C=O) groups is 1. The number of aromatic nitrogens is 2. The molecule has 1 aliphatic heterocycles. The zero-order chi connectivity index (χ0) is 17.4. The number of ether oxygens (including phenoxy) is 3. The average Bonchev–Trinajstić information content (AvgIpc) is 3.09. The topological polar surface area (TPSA) is 82.6 Å². The number of benzene rings is 1. The SMILES string of the molecule is COC(=O)c1cnc2nc(C)ccc2c1Nc1ccc2c(c1)OCO2.Cl. The van der Waals surface area contributed by atoms with E-state index in [9.17, 15) is 4.79 Å². The Kier molecular flexibility index (Phi) is 4.81. The van der Waals surface area contributed by atoms with Crippen LogP contribution < -0.4 is 14.8 Å². The Balaban J connectivity index is 0.00000196. The summed E-state index contributed by atoms with van der Waals surface area (Å²) in [6, 6.07) is 9.23. The van der Waals surface area contributed by atoms with Gasteiger partial charge in [0.2, 0.25) is 6.79 Å². The van der Waals surface area contributed by atoms with Crippen LogP contribution in [0.5, 0.6) is 11.5 Å². The molecule has 7 nitrogen and oxygen atoms in total. The lowest BCUT2D eigenvalue weighted by Gasteiger charge is -2.14. The maximum Gasteiger partial charge on any atom is 0.341 e. The van der Waals surface area contributed by atoms with Crippen molar-refractivity contribution in [3.8, 4) is 11.5 Å². The normalized spacial score (nSPS) is 11.8. The van der Waals surface area contributed by atoms with Gasteiger partial charge < -0.3 is 19.5 Å². The van der Waals surface area contributed by atoms with E-state index in [1.807, 2.05) is 37.3 Å². The number of methoxy groups -OCH3 is 1. The smallest absolute Gasteiger partial charge is 0.341 e. The van der Waals surface area contributed by atoms with Crippen molar-refractivity contribution in [3.05, 3.63) is 47.8 Å². The van der Waals surface area contributed by atoms with Crippen molar-refractivity contribution in [2.24, 2.45) is 0 Å². The molecule has 4 rings (SSSR count). The number of fused-ring (bicyclic) bond motifs is 2. The second-order valence-corrected chi connectivity index (χ2v) is 5.56. The predicted molar refractivity (Wildman–Crippen MR) is 98.7 cm³/mol. The number of rotatable bonds is 3. The minimum atomic E-state index is -0.474. The molecule has 0 saturated carbocycles. The first-order valence-corrected chi connectivity index (χ1v) is 7.67. The highest BCUT2D eigenvalue weighted by molar-refractivity contribution is 6.05. The first-order chi connectivity index (χ1) is 12.2. The number of halogens is 1. The quantitative estimate of drug-likeness (QED) is 0.702. The molecule has 0 atom stereocenters. The number of carbonyl (C=O) groups excluding carboxylic acids is 1. The van der Waals surface area contributed by atoms with Gasteiger partial charge in [-0.3, -0.25) is 0 Å². The highest BCUT2D eigenvalue weighted by atomic mass is 35.5. The van der Waals surface area contributed by atoms with E-state index in [4.69, 9.17) is 14.2 Å². The number of hydrogen-bond donors (Lipinski definition) is 1. The van der Waals surface area contributed by atoms with Gasteiger partial charge in [-0.25, -0.2) is 14.8 Å².